The van der Waals surface area contributed by atoms with E-state index in [0.717, 1.165) is 5.56 Å². The van der Waals surface area contributed by atoms with Crippen molar-refractivity contribution in [1.29, 1.82) is 5.41 Å². The summed E-state index contributed by atoms with van der Waals surface area (Å²) in [5.41, 5.74) is 2.02. The summed E-state index contributed by atoms with van der Waals surface area (Å²) in [6.07, 6.45) is -4.56. The fourth-order valence-corrected chi connectivity index (χ4v) is 2.76. The molecule has 3 rings (SSSR count). The van der Waals surface area contributed by atoms with E-state index in [0.29, 0.717) is 11.1 Å². The largest absolute Gasteiger partial charge is 0.573 e. The van der Waals surface area contributed by atoms with E-state index in [1.54, 1.807) is 24.3 Å². The summed E-state index contributed by atoms with van der Waals surface area (Å²) in [6.45, 7) is 0. The number of nitrogens with one attached hydrogen (secondary N) is 2. The number of halogens is 3. The summed E-state index contributed by atoms with van der Waals surface area (Å²) in [5.74, 6) is -0.461. The predicted octanol–water partition coefficient (Wildman–Crippen LogP) is 3.68. The minimum Gasteiger partial charge on any atom is -0.406 e. The summed E-state index contributed by atoms with van der Waals surface area (Å²) < 4.78 is 41.2. The summed E-state index contributed by atoms with van der Waals surface area (Å²) in [7, 11) is 1.52. The molecule has 0 radical (unpaired) electrons. The van der Waals surface area contributed by atoms with E-state index in [-0.39, 0.29) is 30.1 Å². The van der Waals surface area contributed by atoms with Gasteiger partial charge in [0.2, 0.25) is 5.91 Å². The van der Waals surface area contributed by atoms with Gasteiger partial charge in [-0.3, -0.25) is 15.1 Å². The van der Waals surface area contributed by atoms with Crippen LogP contribution in [0.25, 0.3) is 11.1 Å². The van der Waals surface area contributed by atoms with Gasteiger partial charge in [-0.05, 0) is 34.9 Å². The molecule has 1 heterocycles. The number of benzene rings is 2. The third-order valence-electron chi connectivity index (χ3n) is 4.09. The first-order chi connectivity index (χ1) is 12.2. The lowest BCUT2D eigenvalue weighted by molar-refractivity contribution is -0.274. The van der Waals surface area contributed by atoms with Gasteiger partial charge in [0.15, 0.2) is 5.96 Å². The van der Waals surface area contributed by atoms with E-state index in [9.17, 15) is 18.0 Å². The second kappa shape index (κ2) is 6.70. The Kier molecular flexibility index (Phi) is 4.58. The Morgan fingerprint density at radius 3 is 2.46 bits per heavy atom. The predicted molar refractivity (Wildman–Crippen MR) is 89.6 cm³/mol. The number of rotatable bonds is 3. The molecule has 0 aromatic heterocycles. The summed E-state index contributed by atoms with van der Waals surface area (Å²) in [6, 6.07) is 12.5. The number of ether oxygens (including phenoxy) is 1. The van der Waals surface area contributed by atoms with Gasteiger partial charge < -0.3 is 10.1 Å². The van der Waals surface area contributed by atoms with Gasteiger partial charge in [0.1, 0.15) is 5.75 Å². The van der Waals surface area contributed by atoms with Gasteiger partial charge in [0.05, 0.1) is 12.5 Å². The number of amides is 1. The number of nitrogens with zero attached hydrogens (tertiary/aromatic N) is 1. The maximum Gasteiger partial charge on any atom is 0.573 e. The van der Waals surface area contributed by atoms with E-state index in [4.69, 9.17) is 5.41 Å². The van der Waals surface area contributed by atoms with Gasteiger partial charge in [0.25, 0.3) is 0 Å². The Morgan fingerprint density at radius 1 is 1.15 bits per heavy atom. The van der Waals surface area contributed by atoms with Crippen LogP contribution in [0.5, 0.6) is 5.75 Å². The molecule has 0 bridgehead atoms. The van der Waals surface area contributed by atoms with Crippen molar-refractivity contribution >= 4 is 11.9 Å². The van der Waals surface area contributed by atoms with Gasteiger partial charge in [-0.1, -0.05) is 30.3 Å². The number of hydrogen-bond acceptors (Lipinski definition) is 3. The standard InChI is InChI=1S/C18H16F3N3O2/c1-24-16(25)10-15(23-17(24)22)13-6-2-4-11(8-13)12-5-3-7-14(9-12)26-18(19,20)21/h2-9,15H,10H2,1H3,(H2,22,23). The minimum atomic E-state index is -4.75. The van der Waals surface area contributed by atoms with Crippen LogP contribution in [0.15, 0.2) is 48.5 Å². The molecule has 2 aromatic rings. The molecule has 5 nitrogen and oxygen atoms in total. The van der Waals surface area contributed by atoms with Crippen molar-refractivity contribution in [2.45, 2.75) is 18.8 Å². The minimum absolute atomic E-state index is 0.0113. The average molecular weight is 363 g/mol. The highest BCUT2D eigenvalue weighted by Gasteiger charge is 2.31. The molecule has 2 aromatic carbocycles. The lowest BCUT2D eigenvalue weighted by Gasteiger charge is -2.31. The van der Waals surface area contributed by atoms with Crippen LogP contribution < -0.4 is 10.1 Å². The van der Waals surface area contributed by atoms with Crippen molar-refractivity contribution in [2.75, 3.05) is 7.05 Å². The third kappa shape index (κ3) is 3.96. The molecule has 1 unspecified atom stereocenters. The second-order valence-corrected chi connectivity index (χ2v) is 5.90. The van der Waals surface area contributed by atoms with E-state index in [2.05, 4.69) is 10.1 Å². The Morgan fingerprint density at radius 2 is 1.81 bits per heavy atom. The third-order valence-corrected chi connectivity index (χ3v) is 4.09. The van der Waals surface area contributed by atoms with Crippen LogP contribution in [-0.2, 0) is 4.79 Å². The SMILES string of the molecule is CN1C(=N)NC(c2cccc(-c3cccc(OC(F)(F)F)c3)c2)CC1=O. The number of hydrogen-bond donors (Lipinski definition) is 2. The second-order valence-electron chi connectivity index (χ2n) is 5.90. The van der Waals surface area contributed by atoms with Crippen LogP contribution in [-0.4, -0.2) is 30.2 Å². The first-order valence-corrected chi connectivity index (χ1v) is 7.81. The normalized spacial score (nSPS) is 17.8. The molecule has 1 saturated heterocycles. The monoisotopic (exact) mass is 363 g/mol. The number of guanidine groups is 1. The molecule has 26 heavy (non-hydrogen) atoms. The Bertz CT molecular complexity index is 834. The molecule has 1 aliphatic heterocycles. The van der Waals surface area contributed by atoms with Crippen molar-refractivity contribution in [3.63, 3.8) is 0 Å². The quantitative estimate of drug-likeness (QED) is 0.874. The summed E-state index contributed by atoms with van der Waals surface area (Å²) in [4.78, 5) is 13.2. The smallest absolute Gasteiger partial charge is 0.406 e. The molecule has 2 N–H and O–H groups in total. The zero-order chi connectivity index (χ0) is 18.9. The molecule has 136 valence electrons. The highest BCUT2D eigenvalue weighted by atomic mass is 19.4. The van der Waals surface area contributed by atoms with Gasteiger partial charge >= 0.3 is 6.36 Å². The van der Waals surface area contributed by atoms with Gasteiger partial charge in [-0.15, -0.1) is 13.2 Å². The van der Waals surface area contributed by atoms with E-state index < -0.39 is 6.36 Å². The topological polar surface area (TPSA) is 65.4 Å². The molecular formula is C18H16F3N3O2. The molecule has 8 heteroatoms. The van der Waals surface area contributed by atoms with Crippen LogP contribution >= 0.6 is 0 Å². The highest BCUT2D eigenvalue weighted by molar-refractivity contribution is 5.98. The van der Waals surface area contributed by atoms with Crippen molar-refractivity contribution in [3.05, 3.63) is 54.1 Å². The van der Waals surface area contributed by atoms with Crippen molar-refractivity contribution in [3.8, 4) is 16.9 Å². The van der Waals surface area contributed by atoms with Crippen LogP contribution in [0.3, 0.4) is 0 Å². The summed E-state index contributed by atoms with van der Waals surface area (Å²) in [5, 5.41) is 10.8. The molecular weight excluding hydrogens is 347 g/mol. The number of carbonyl (C=O) groups excluding carboxylic acids is 1. The van der Waals surface area contributed by atoms with Gasteiger partial charge in [0, 0.05) is 7.05 Å². The fraction of sp³-hybridized carbons (Fsp3) is 0.222. The lowest BCUT2D eigenvalue weighted by atomic mass is 9.96. The Labute approximate surface area is 147 Å². The fourth-order valence-electron chi connectivity index (χ4n) is 2.76. The van der Waals surface area contributed by atoms with E-state index >= 15 is 0 Å². The Hall–Kier alpha value is -3.03. The number of carbonyl (C=O) groups is 1. The molecule has 1 fully saturated rings. The van der Waals surface area contributed by atoms with E-state index in [1.807, 2.05) is 6.07 Å². The van der Waals surface area contributed by atoms with Crippen LogP contribution in [0, 0.1) is 5.41 Å². The maximum atomic E-state index is 12.4. The highest BCUT2D eigenvalue weighted by Crippen LogP contribution is 2.30. The van der Waals surface area contributed by atoms with Gasteiger partial charge in [-0.2, -0.15) is 0 Å². The number of alkyl halides is 3. The first kappa shape index (κ1) is 17.8. The van der Waals surface area contributed by atoms with Gasteiger partial charge in [-0.25, -0.2) is 0 Å². The van der Waals surface area contributed by atoms with Crippen LogP contribution in [0.4, 0.5) is 13.2 Å². The molecule has 1 atom stereocenters. The Balaban J connectivity index is 1.87. The van der Waals surface area contributed by atoms with Crippen molar-refractivity contribution in [1.82, 2.24) is 10.2 Å². The zero-order valence-electron chi connectivity index (χ0n) is 13.8. The maximum absolute atomic E-state index is 12.4. The van der Waals surface area contributed by atoms with Crippen molar-refractivity contribution in [2.24, 2.45) is 0 Å². The average Bonchev–Trinajstić information content (AvgIpc) is 2.58. The first-order valence-electron chi connectivity index (χ1n) is 7.81. The molecule has 0 aliphatic carbocycles. The molecule has 1 amide bonds. The lowest BCUT2D eigenvalue weighted by Crippen LogP contribution is -2.49. The van der Waals surface area contributed by atoms with Crippen molar-refractivity contribution < 1.29 is 22.7 Å². The summed E-state index contributed by atoms with van der Waals surface area (Å²) >= 11 is 0. The molecule has 0 spiro atoms. The van der Waals surface area contributed by atoms with E-state index in [1.165, 1.54) is 30.1 Å². The van der Waals surface area contributed by atoms with Crippen LogP contribution in [0.1, 0.15) is 18.0 Å². The zero-order valence-corrected chi connectivity index (χ0v) is 13.8. The molecule has 0 saturated carbocycles. The molecule has 1 aliphatic rings. The van der Waals surface area contributed by atoms with Crippen LogP contribution in [0.2, 0.25) is 0 Å².